The molecule has 0 saturated carbocycles. The van der Waals surface area contributed by atoms with Gasteiger partial charge in [-0.05, 0) is 12.1 Å². The number of aromatic nitrogens is 2. The van der Waals surface area contributed by atoms with Crippen molar-refractivity contribution in [3.63, 3.8) is 0 Å². The zero-order chi connectivity index (χ0) is 15.5. The second-order valence-electron chi connectivity index (χ2n) is 4.63. The fourth-order valence-corrected chi connectivity index (χ4v) is 2.22. The van der Waals surface area contributed by atoms with Crippen molar-refractivity contribution in [2.24, 2.45) is 0 Å². The lowest BCUT2D eigenvalue weighted by Gasteiger charge is -2.08. The third-order valence-electron chi connectivity index (χ3n) is 3.17. The molecule has 0 amide bonds. The summed E-state index contributed by atoms with van der Waals surface area (Å²) in [5.41, 5.74) is 1.94. The summed E-state index contributed by atoms with van der Waals surface area (Å²) in [6.45, 7) is 0. The van der Waals surface area contributed by atoms with E-state index in [1.165, 1.54) is 6.20 Å². The number of benzene rings is 2. The Balaban J connectivity index is 2.17. The second kappa shape index (κ2) is 5.95. The molecule has 0 spiro atoms. The molecule has 0 unspecified atom stereocenters. The highest BCUT2D eigenvalue weighted by Gasteiger charge is 2.16. The largest absolute Gasteiger partial charge is 0.478 e. The predicted octanol–water partition coefficient (Wildman–Crippen LogP) is 4.16. The topological polar surface area (TPSA) is 63.1 Å². The van der Waals surface area contributed by atoms with Gasteiger partial charge >= 0.3 is 5.97 Å². The molecule has 3 rings (SSSR count). The summed E-state index contributed by atoms with van der Waals surface area (Å²) in [7, 11) is 0. The molecular formula is C17H11ClN2O2. The Bertz CT molecular complexity index is 818. The van der Waals surface area contributed by atoms with Crippen LogP contribution in [0.5, 0.6) is 0 Å². The van der Waals surface area contributed by atoms with Crippen LogP contribution < -0.4 is 0 Å². The van der Waals surface area contributed by atoms with Crippen LogP contribution in [0, 0.1) is 0 Å². The monoisotopic (exact) mass is 310 g/mol. The van der Waals surface area contributed by atoms with E-state index in [2.05, 4.69) is 9.97 Å². The molecule has 1 aromatic heterocycles. The molecule has 22 heavy (non-hydrogen) atoms. The number of nitrogens with zero attached hydrogens (tertiary/aromatic N) is 2. The van der Waals surface area contributed by atoms with Gasteiger partial charge in [-0.2, -0.15) is 0 Å². The number of carboxylic acids is 1. The summed E-state index contributed by atoms with van der Waals surface area (Å²) in [6, 6.07) is 16.3. The van der Waals surface area contributed by atoms with E-state index in [-0.39, 0.29) is 5.56 Å². The van der Waals surface area contributed by atoms with Gasteiger partial charge in [-0.1, -0.05) is 54.1 Å². The molecule has 0 saturated heterocycles. The van der Waals surface area contributed by atoms with Gasteiger partial charge in [0, 0.05) is 22.3 Å². The molecule has 0 atom stereocenters. The van der Waals surface area contributed by atoms with Crippen molar-refractivity contribution in [1.82, 2.24) is 9.97 Å². The minimum absolute atomic E-state index is 0.0574. The number of hydrogen-bond donors (Lipinski definition) is 1. The minimum atomic E-state index is -1.07. The number of carboxylic acid groups (broad SMARTS) is 1. The standard InChI is InChI=1S/C17H11ClN2O2/c18-13-8-6-11(7-9-13)15-14(17(21)22)10-19-16(20-15)12-4-2-1-3-5-12/h1-10H,(H,21,22). The molecule has 1 heterocycles. The molecule has 0 aliphatic rings. The lowest BCUT2D eigenvalue weighted by atomic mass is 10.1. The van der Waals surface area contributed by atoms with Crippen LogP contribution in [-0.2, 0) is 0 Å². The van der Waals surface area contributed by atoms with Crippen molar-refractivity contribution in [2.45, 2.75) is 0 Å². The van der Waals surface area contributed by atoms with Gasteiger partial charge in [0.2, 0.25) is 0 Å². The average molecular weight is 311 g/mol. The van der Waals surface area contributed by atoms with Crippen molar-refractivity contribution in [1.29, 1.82) is 0 Å². The van der Waals surface area contributed by atoms with E-state index in [1.807, 2.05) is 30.3 Å². The first-order valence-electron chi connectivity index (χ1n) is 6.57. The van der Waals surface area contributed by atoms with Gasteiger partial charge in [0.15, 0.2) is 5.82 Å². The smallest absolute Gasteiger partial charge is 0.339 e. The molecule has 2 aromatic carbocycles. The van der Waals surface area contributed by atoms with Crippen LogP contribution in [0.15, 0.2) is 60.8 Å². The maximum Gasteiger partial charge on any atom is 0.339 e. The Kier molecular flexibility index (Phi) is 3.85. The SMILES string of the molecule is O=C(O)c1cnc(-c2ccccc2)nc1-c1ccc(Cl)cc1. The maximum atomic E-state index is 11.4. The number of rotatable bonds is 3. The first-order valence-corrected chi connectivity index (χ1v) is 6.94. The van der Waals surface area contributed by atoms with Crippen molar-refractivity contribution in [2.75, 3.05) is 0 Å². The van der Waals surface area contributed by atoms with Crippen LogP contribution in [-0.4, -0.2) is 21.0 Å². The number of hydrogen-bond acceptors (Lipinski definition) is 3. The Morgan fingerprint density at radius 3 is 2.27 bits per heavy atom. The lowest BCUT2D eigenvalue weighted by molar-refractivity contribution is 0.0697. The average Bonchev–Trinajstić information content (AvgIpc) is 2.56. The van der Waals surface area contributed by atoms with Gasteiger partial charge in [0.25, 0.3) is 0 Å². The quantitative estimate of drug-likeness (QED) is 0.789. The van der Waals surface area contributed by atoms with Crippen LogP contribution >= 0.6 is 11.6 Å². The molecule has 4 nitrogen and oxygen atoms in total. The highest BCUT2D eigenvalue weighted by molar-refractivity contribution is 6.30. The van der Waals surface area contributed by atoms with Gasteiger partial charge in [-0.25, -0.2) is 14.8 Å². The van der Waals surface area contributed by atoms with Crippen LogP contribution in [0.4, 0.5) is 0 Å². The molecule has 0 aliphatic carbocycles. The van der Waals surface area contributed by atoms with Gasteiger partial charge in [0.05, 0.1) is 5.69 Å². The summed E-state index contributed by atoms with van der Waals surface area (Å²) < 4.78 is 0. The third kappa shape index (κ3) is 2.82. The predicted molar refractivity (Wildman–Crippen MR) is 84.9 cm³/mol. The van der Waals surface area contributed by atoms with E-state index >= 15 is 0 Å². The summed E-state index contributed by atoms with van der Waals surface area (Å²) in [5, 5.41) is 9.92. The van der Waals surface area contributed by atoms with Crippen LogP contribution in [0.1, 0.15) is 10.4 Å². The summed E-state index contributed by atoms with van der Waals surface area (Å²) >= 11 is 5.88. The van der Waals surface area contributed by atoms with E-state index in [1.54, 1.807) is 24.3 Å². The fourth-order valence-electron chi connectivity index (χ4n) is 2.09. The Morgan fingerprint density at radius 2 is 1.64 bits per heavy atom. The highest BCUT2D eigenvalue weighted by atomic mass is 35.5. The van der Waals surface area contributed by atoms with E-state index in [4.69, 9.17) is 11.6 Å². The van der Waals surface area contributed by atoms with Gasteiger partial charge in [-0.15, -0.1) is 0 Å². The molecule has 108 valence electrons. The maximum absolute atomic E-state index is 11.4. The summed E-state index contributed by atoms with van der Waals surface area (Å²) in [5.74, 6) is -0.583. The first-order chi connectivity index (χ1) is 10.6. The van der Waals surface area contributed by atoms with Crippen molar-refractivity contribution < 1.29 is 9.90 Å². The van der Waals surface area contributed by atoms with Crippen LogP contribution in [0.25, 0.3) is 22.6 Å². The van der Waals surface area contributed by atoms with Crippen LogP contribution in [0.3, 0.4) is 0 Å². The van der Waals surface area contributed by atoms with Gasteiger partial charge in [-0.3, -0.25) is 0 Å². The lowest BCUT2D eigenvalue weighted by Crippen LogP contribution is -2.04. The Labute approximate surface area is 132 Å². The molecule has 3 aromatic rings. The van der Waals surface area contributed by atoms with E-state index in [9.17, 15) is 9.90 Å². The van der Waals surface area contributed by atoms with Gasteiger partial charge < -0.3 is 5.11 Å². The van der Waals surface area contributed by atoms with E-state index < -0.39 is 5.97 Å². The zero-order valence-electron chi connectivity index (χ0n) is 11.4. The highest BCUT2D eigenvalue weighted by Crippen LogP contribution is 2.25. The molecule has 1 N–H and O–H groups in total. The molecule has 0 aliphatic heterocycles. The van der Waals surface area contributed by atoms with E-state index in [0.29, 0.717) is 22.1 Å². The molecule has 5 heteroatoms. The van der Waals surface area contributed by atoms with Gasteiger partial charge in [0.1, 0.15) is 5.56 Å². The van der Waals surface area contributed by atoms with Crippen molar-refractivity contribution in [3.05, 3.63) is 71.4 Å². The second-order valence-corrected chi connectivity index (χ2v) is 5.07. The number of carbonyl (C=O) groups is 1. The van der Waals surface area contributed by atoms with Crippen molar-refractivity contribution >= 4 is 17.6 Å². The molecular weight excluding hydrogens is 300 g/mol. The van der Waals surface area contributed by atoms with E-state index in [0.717, 1.165) is 5.56 Å². The zero-order valence-corrected chi connectivity index (χ0v) is 12.2. The minimum Gasteiger partial charge on any atom is -0.478 e. The first kappa shape index (κ1) is 14.2. The Hall–Kier alpha value is -2.72. The molecule has 0 radical (unpaired) electrons. The normalized spacial score (nSPS) is 10.4. The molecule has 0 bridgehead atoms. The molecule has 0 fully saturated rings. The number of halogens is 1. The number of aromatic carboxylic acids is 1. The fraction of sp³-hybridized carbons (Fsp3) is 0. The summed E-state index contributed by atoms with van der Waals surface area (Å²) in [4.78, 5) is 20.0. The third-order valence-corrected chi connectivity index (χ3v) is 3.42. The summed E-state index contributed by atoms with van der Waals surface area (Å²) in [6.07, 6.45) is 1.33. The van der Waals surface area contributed by atoms with Crippen molar-refractivity contribution in [3.8, 4) is 22.6 Å². The Morgan fingerprint density at radius 1 is 0.955 bits per heavy atom. The van der Waals surface area contributed by atoms with Crippen LogP contribution in [0.2, 0.25) is 5.02 Å².